The zero-order valence-corrected chi connectivity index (χ0v) is 13.1. The van der Waals surface area contributed by atoms with Gasteiger partial charge in [-0.25, -0.2) is 9.97 Å². The molecule has 1 unspecified atom stereocenters. The second kappa shape index (κ2) is 5.95. The van der Waals surface area contributed by atoms with Crippen molar-refractivity contribution in [1.29, 1.82) is 0 Å². The van der Waals surface area contributed by atoms with Crippen LogP contribution in [0.3, 0.4) is 0 Å². The van der Waals surface area contributed by atoms with E-state index in [0.29, 0.717) is 5.91 Å². The number of hydrogen-bond acceptors (Lipinski definition) is 4. The van der Waals surface area contributed by atoms with Crippen molar-refractivity contribution in [2.45, 2.75) is 57.5 Å². The summed E-state index contributed by atoms with van der Waals surface area (Å²) < 4.78 is 0. The molecule has 1 saturated heterocycles. The van der Waals surface area contributed by atoms with Gasteiger partial charge in [-0.3, -0.25) is 4.79 Å². The van der Waals surface area contributed by atoms with Crippen molar-refractivity contribution in [3.05, 3.63) is 23.3 Å². The normalized spacial score (nSPS) is 25.5. The molecule has 1 aromatic rings. The van der Waals surface area contributed by atoms with Crippen LogP contribution in [0.2, 0.25) is 0 Å². The highest BCUT2D eigenvalue weighted by atomic mass is 16.2. The highest BCUT2D eigenvalue weighted by Gasteiger charge is 2.36. The van der Waals surface area contributed by atoms with E-state index >= 15 is 0 Å². The van der Waals surface area contributed by atoms with Crippen molar-refractivity contribution >= 4 is 5.91 Å². The number of amides is 1. The van der Waals surface area contributed by atoms with Gasteiger partial charge in [-0.1, -0.05) is 12.8 Å². The second-order valence-electron chi connectivity index (χ2n) is 6.80. The SMILES string of the molecule is O=C(C1CCCC1)N1CCCC1c1ncc2c(n1)CCNC2. The molecule has 0 spiro atoms. The van der Waals surface area contributed by atoms with Gasteiger partial charge in [0.1, 0.15) is 0 Å². The largest absolute Gasteiger partial charge is 0.332 e. The zero-order valence-electron chi connectivity index (χ0n) is 13.1. The highest BCUT2D eigenvalue weighted by Crippen LogP contribution is 2.35. The Morgan fingerprint density at radius 2 is 2.09 bits per heavy atom. The monoisotopic (exact) mass is 300 g/mol. The number of nitrogens with one attached hydrogen (secondary N) is 1. The van der Waals surface area contributed by atoms with E-state index in [1.807, 2.05) is 6.20 Å². The van der Waals surface area contributed by atoms with Crippen LogP contribution in [0.5, 0.6) is 0 Å². The van der Waals surface area contributed by atoms with Crippen LogP contribution in [0.1, 0.15) is 61.6 Å². The average molecular weight is 300 g/mol. The lowest BCUT2D eigenvalue weighted by Crippen LogP contribution is -2.36. The van der Waals surface area contributed by atoms with Crippen LogP contribution >= 0.6 is 0 Å². The van der Waals surface area contributed by atoms with E-state index in [1.54, 1.807) is 0 Å². The van der Waals surface area contributed by atoms with Crippen LogP contribution < -0.4 is 5.32 Å². The quantitative estimate of drug-likeness (QED) is 0.907. The summed E-state index contributed by atoms with van der Waals surface area (Å²) in [5.41, 5.74) is 2.38. The first-order chi connectivity index (χ1) is 10.8. The Labute approximate surface area is 131 Å². The minimum Gasteiger partial charge on any atom is -0.332 e. The topological polar surface area (TPSA) is 58.1 Å². The van der Waals surface area contributed by atoms with Crippen LogP contribution in [-0.4, -0.2) is 33.9 Å². The van der Waals surface area contributed by atoms with E-state index in [4.69, 9.17) is 4.98 Å². The fourth-order valence-corrected chi connectivity index (χ4v) is 4.12. The summed E-state index contributed by atoms with van der Waals surface area (Å²) in [5.74, 6) is 1.47. The van der Waals surface area contributed by atoms with E-state index in [0.717, 1.165) is 57.6 Å². The first-order valence-corrected chi connectivity index (χ1v) is 8.69. The Kier molecular flexibility index (Phi) is 3.82. The first-order valence-electron chi connectivity index (χ1n) is 8.69. The van der Waals surface area contributed by atoms with Crippen molar-refractivity contribution < 1.29 is 4.79 Å². The van der Waals surface area contributed by atoms with E-state index in [9.17, 15) is 4.79 Å². The van der Waals surface area contributed by atoms with Crippen LogP contribution in [0, 0.1) is 5.92 Å². The maximum absolute atomic E-state index is 12.8. The number of rotatable bonds is 2. The molecule has 5 nitrogen and oxygen atoms in total. The minimum absolute atomic E-state index is 0.105. The maximum atomic E-state index is 12.8. The molecule has 2 aliphatic heterocycles. The van der Waals surface area contributed by atoms with Gasteiger partial charge >= 0.3 is 0 Å². The molecule has 0 bridgehead atoms. The third-order valence-electron chi connectivity index (χ3n) is 5.37. The number of fused-ring (bicyclic) bond motifs is 1. The van der Waals surface area contributed by atoms with E-state index < -0.39 is 0 Å². The number of nitrogens with zero attached hydrogens (tertiary/aromatic N) is 3. The fourth-order valence-electron chi connectivity index (χ4n) is 4.12. The lowest BCUT2D eigenvalue weighted by molar-refractivity contribution is -0.136. The Bertz CT molecular complexity index is 568. The van der Waals surface area contributed by atoms with Crippen molar-refractivity contribution in [1.82, 2.24) is 20.2 Å². The second-order valence-corrected chi connectivity index (χ2v) is 6.80. The van der Waals surface area contributed by atoms with Gasteiger partial charge < -0.3 is 10.2 Å². The lowest BCUT2D eigenvalue weighted by Gasteiger charge is -2.27. The van der Waals surface area contributed by atoms with Gasteiger partial charge in [0.25, 0.3) is 0 Å². The maximum Gasteiger partial charge on any atom is 0.226 e. The molecular weight excluding hydrogens is 276 g/mol. The summed E-state index contributed by atoms with van der Waals surface area (Å²) in [7, 11) is 0. The molecule has 3 heterocycles. The summed E-state index contributed by atoms with van der Waals surface area (Å²) in [4.78, 5) is 24.2. The Balaban J connectivity index is 1.56. The third-order valence-corrected chi connectivity index (χ3v) is 5.37. The molecule has 22 heavy (non-hydrogen) atoms. The molecule has 1 saturated carbocycles. The predicted molar refractivity (Wildman–Crippen MR) is 83.1 cm³/mol. The van der Waals surface area contributed by atoms with E-state index in [2.05, 4.69) is 15.2 Å². The minimum atomic E-state index is 0.105. The summed E-state index contributed by atoms with van der Waals surface area (Å²) in [6.07, 6.45) is 9.56. The number of aromatic nitrogens is 2. The number of hydrogen-bond donors (Lipinski definition) is 1. The van der Waals surface area contributed by atoms with Gasteiger partial charge in [-0.15, -0.1) is 0 Å². The van der Waals surface area contributed by atoms with Crippen molar-refractivity contribution in [3.63, 3.8) is 0 Å². The van der Waals surface area contributed by atoms with Gasteiger partial charge in [0.2, 0.25) is 5.91 Å². The van der Waals surface area contributed by atoms with Crippen LogP contribution in [0.4, 0.5) is 0 Å². The Morgan fingerprint density at radius 3 is 2.95 bits per heavy atom. The summed E-state index contributed by atoms with van der Waals surface area (Å²) in [6.45, 7) is 2.73. The molecule has 1 N–H and O–H groups in total. The molecule has 0 radical (unpaired) electrons. The summed E-state index contributed by atoms with van der Waals surface area (Å²) in [6, 6.07) is 0.105. The van der Waals surface area contributed by atoms with E-state index in [-0.39, 0.29) is 12.0 Å². The van der Waals surface area contributed by atoms with Gasteiger partial charge in [-0.05, 0) is 25.7 Å². The standard InChI is InChI=1S/C17H24N4O/c22-17(12-4-1-2-5-12)21-9-3-6-15(21)16-19-11-13-10-18-8-7-14(13)20-16/h11-12,15,18H,1-10H2. The number of carbonyl (C=O) groups excluding carboxylic acids is 1. The molecular formula is C17H24N4O. The van der Waals surface area contributed by atoms with Crippen molar-refractivity contribution in [3.8, 4) is 0 Å². The van der Waals surface area contributed by atoms with E-state index in [1.165, 1.54) is 24.1 Å². The molecule has 0 aromatic carbocycles. The molecule has 118 valence electrons. The number of carbonyl (C=O) groups is 1. The Morgan fingerprint density at radius 1 is 1.23 bits per heavy atom. The Hall–Kier alpha value is -1.49. The third kappa shape index (κ3) is 2.51. The molecule has 4 rings (SSSR count). The summed E-state index contributed by atoms with van der Waals surface area (Å²) >= 11 is 0. The smallest absolute Gasteiger partial charge is 0.226 e. The fraction of sp³-hybridized carbons (Fsp3) is 0.706. The average Bonchev–Trinajstić information content (AvgIpc) is 3.25. The number of likely N-dealkylation sites (tertiary alicyclic amines) is 1. The van der Waals surface area contributed by atoms with Crippen LogP contribution in [0.25, 0.3) is 0 Å². The van der Waals surface area contributed by atoms with Gasteiger partial charge in [0, 0.05) is 49.4 Å². The highest BCUT2D eigenvalue weighted by molar-refractivity contribution is 5.79. The molecule has 1 amide bonds. The van der Waals surface area contributed by atoms with Gasteiger partial charge in [-0.2, -0.15) is 0 Å². The first kappa shape index (κ1) is 14.1. The molecule has 2 fully saturated rings. The van der Waals surface area contributed by atoms with Crippen LogP contribution in [-0.2, 0) is 17.8 Å². The van der Waals surface area contributed by atoms with Gasteiger partial charge in [0.15, 0.2) is 5.82 Å². The van der Waals surface area contributed by atoms with Crippen molar-refractivity contribution in [2.24, 2.45) is 5.92 Å². The van der Waals surface area contributed by atoms with Crippen molar-refractivity contribution in [2.75, 3.05) is 13.1 Å². The van der Waals surface area contributed by atoms with Gasteiger partial charge in [0.05, 0.1) is 6.04 Å². The predicted octanol–water partition coefficient (Wildman–Crippen LogP) is 1.98. The molecule has 3 aliphatic rings. The lowest BCUT2D eigenvalue weighted by atomic mass is 10.1. The molecule has 1 atom stereocenters. The van der Waals surface area contributed by atoms with Crippen LogP contribution in [0.15, 0.2) is 6.20 Å². The molecule has 1 aliphatic carbocycles. The molecule has 5 heteroatoms. The zero-order chi connectivity index (χ0) is 14.9. The summed E-state index contributed by atoms with van der Waals surface area (Å²) in [5, 5.41) is 3.35. The molecule has 1 aromatic heterocycles.